The number of amidine groups is 1. The van der Waals surface area contributed by atoms with E-state index in [1.165, 1.54) is 6.20 Å². The lowest BCUT2D eigenvalue weighted by atomic mass is 10.2. The molecule has 0 amide bonds. The van der Waals surface area contributed by atoms with Crippen molar-refractivity contribution < 1.29 is 9.53 Å². The molecule has 2 rings (SSSR count). The van der Waals surface area contributed by atoms with Gasteiger partial charge in [-0.2, -0.15) is 20.1 Å². The first-order valence-electron chi connectivity index (χ1n) is 7.01. The quantitative estimate of drug-likeness (QED) is 0.447. The Bertz CT molecular complexity index is 868. The maximum absolute atomic E-state index is 12.3. The fraction of sp³-hybridized carbons (Fsp3) is 0.267. The van der Waals surface area contributed by atoms with E-state index >= 15 is 0 Å². The fourth-order valence-corrected chi connectivity index (χ4v) is 1.87. The third kappa shape index (κ3) is 3.67. The summed E-state index contributed by atoms with van der Waals surface area (Å²) in [4.78, 5) is 12.3. The molecular weight excluding hydrogens is 310 g/mol. The summed E-state index contributed by atoms with van der Waals surface area (Å²) in [6.07, 6.45) is 0.882. The van der Waals surface area contributed by atoms with Crippen LogP contribution in [0.1, 0.15) is 20.8 Å². The highest BCUT2D eigenvalue weighted by atomic mass is 16.6. The van der Waals surface area contributed by atoms with Crippen molar-refractivity contribution in [3.63, 3.8) is 0 Å². The number of nitrogens with two attached hydrogens (primary N) is 1. The summed E-state index contributed by atoms with van der Waals surface area (Å²) in [5, 5.41) is 24.6. The van der Waals surface area contributed by atoms with Crippen molar-refractivity contribution in [1.82, 2.24) is 9.78 Å². The van der Waals surface area contributed by atoms with Crippen LogP contribution in [0.3, 0.4) is 0 Å². The first-order chi connectivity index (χ1) is 11.2. The molecule has 9 nitrogen and oxygen atoms in total. The topological polar surface area (TPSA) is 142 Å². The van der Waals surface area contributed by atoms with Crippen molar-refractivity contribution in [3.8, 4) is 6.07 Å². The molecule has 1 aromatic heterocycles. The number of ether oxygens (including phenoxy) is 1. The molecule has 0 aliphatic carbocycles. The Morgan fingerprint density at radius 1 is 1.50 bits per heavy atom. The van der Waals surface area contributed by atoms with Gasteiger partial charge in [0.1, 0.15) is 17.2 Å². The van der Waals surface area contributed by atoms with Crippen LogP contribution in [-0.2, 0) is 4.74 Å². The molecule has 9 heteroatoms. The molecule has 0 bridgehead atoms. The van der Waals surface area contributed by atoms with Crippen LogP contribution in [0.25, 0.3) is 10.9 Å². The Balaban J connectivity index is 2.45. The molecule has 4 N–H and O–H groups in total. The van der Waals surface area contributed by atoms with Crippen LogP contribution in [0.5, 0.6) is 0 Å². The third-order valence-corrected chi connectivity index (χ3v) is 2.81. The highest BCUT2D eigenvalue weighted by Crippen LogP contribution is 2.24. The number of aromatic nitrogens is 2. The molecule has 0 aliphatic heterocycles. The number of hydrogen-bond donors (Lipinski definition) is 3. The van der Waals surface area contributed by atoms with E-state index in [4.69, 9.17) is 21.1 Å². The number of hydrazone groups is 1. The summed E-state index contributed by atoms with van der Waals surface area (Å²) in [6.45, 7) is 5.27. The standard InChI is InChI=1S/C15H17N7O2/c1-15(2,3)24-14(23)22-12-9(8-19-22)5-4-6-10(12)20-21-11(7-16)13(17)18/h4-6,8,20H,1-3H3,(H3,17,18)/b21-11+. The Hall–Kier alpha value is -3.41. The smallest absolute Gasteiger partial charge is 0.435 e. The number of hydrogen-bond acceptors (Lipinski definition) is 7. The van der Waals surface area contributed by atoms with E-state index in [2.05, 4.69) is 15.6 Å². The maximum atomic E-state index is 12.3. The highest BCUT2D eigenvalue weighted by molar-refractivity contribution is 6.45. The molecule has 24 heavy (non-hydrogen) atoms. The second kappa shape index (κ2) is 6.37. The van der Waals surface area contributed by atoms with E-state index in [1.807, 2.05) is 0 Å². The minimum Gasteiger partial charge on any atom is -0.442 e. The van der Waals surface area contributed by atoms with Crippen LogP contribution in [0, 0.1) is 16.7 Å². The molecule has 0 atom stereocenters. The van der Waals surface area contributed by atoms with Crippen LogP contribution in [-0.4, -0.2) is 33.0 Å². The third-order valence-electron chi connectivity index (χ3n) is 2.81. The molecule has 124 valence electrons. The lowest BCUT2D eigenvalue weighted by Gasteiger charge is -2.19. The number of nitrogens with one attached hydrogen (secondary N) is 2. The van der Waals surface area contributed by atoms with Gasteiger partial charge >= 0.3 is 6.09 Å². The van der Waals surface area contributed by atoms with E-state index in [1.54, 1.807) is 45.0 Å². The number of anilines is 1. The molecule has 0 radical (unpaired) electrons. The summed E-state index contributed by atoms with van der Waals surface area (Å²) in [5.41, 5.74) is 7.82. The van der Waals surface area contributed by atoms with Crippen LogP contribution >= 0.6 is 0 Å². The zero-order valence-corrected chi connectivity index (χ0v) is 13.5. The van der Waals surface area contributed by atoms with Crippen LogP contribution in [0.4, 0.5) is 10.5 Å². The van der Waals surface area contributed by atoms with Gasteiger partial charge in [-0.25, -0.2) is 4.79 Å². The minimum atomic E-state index is -0.668. The second-order valence-corrected chi connectivity index (χ2v) is 5.88. The SMILES string of the molecule is CC(C)(C)OC(=O)n1ncc2cccc(N/N=C(\C#N)C(=N)N)c21. The molecule has 0 unspecified atom stereocenters. The van der Waals surface area contributed by atoms with Gasteiger partial charge in [0.2, 0.25) is 5.71 Å². The van der Waals surface area contributed by atoms with Gasteiger partial charge < -0.3 is 10.5 Å². The molecule has 0 fully saturated rings. The van der Waals surface area contributed by atoms with E-state index in [0.29, 0.717) is 16.6 Å². The Kier molecular flexibility index (Phi) is 4.50. The molecule has 0 aliphatic rings. The van der Waals surface area contributed by atoms with Crippen molar-refractivity contribution >= 4 is 34.2 Å². The summed E-state index contributed by atoms with van der Waals surface area (Å²) in [7, 11) is 0. The predicted octanol–water partition coefficient (Wildman–Crippen LogP) is 2.05. The first kappa shape index (κ1) is 17.0. The zero-order chi connectivity index (χ0) is 17.9. The van der Waals surface area contributed by atoms with Crippen LogP contribution < -0.4 is 11.2 Å². The van der Waals surface area contributed by atoms with Gasteiger partial charge in [-0.05, 0) is 26.8 Å². The van der Waals surface area contributed by atoms with Gasteiger partial charge in [0.15, 0.2) is 5.84 Å². The van der Waals surface area contributed by atoms with E-state index in [0.717, 1.165) is 4.68 Å². The number of para-hydroxylation sites is 1. The predicted molar refractivity (Wildman–Crippen MR) is 89.9 cm³/mol. The number of fused-ring (bicyclic) bond motifs is 1. The summed E-state index contributed by atoms with van der Waals surface area (Å²) >= 11 is 0. The van der Waals surface area contributed by atoms with Crippen molar-refractivity contribution in [3.05, 3.63) is 24.4 Å². The van der Waals surface area contributed by atoms with Gasteiger partial charge in [0, 0.05) is 5.39 Å². The van der Waals surface area contributed by atoms with Crippen LogP contribution in [0.15, 0.2) is 29.5 Å². The van der Waals surface area contributed by atoms with Crippen molar-refractivity contribution in [1.29, 1.82) is 10.7 Å². The summed E-state index contributed by atoms with van der Waals surface area (Å²) < 4.78 is 6.43. The van der Waals surface area contributed by atoms with Gasteiger partial charge in [-0.1, -0.05) is 12.1 Å². The molecule has 1 heterocycles. The average Bonchev–Trinajstić information content (AvgIpc) is 2.90. The number of rotatable bonds is 3. The average molecular weight is 327 g/mol. The van der Waals surface area contributed by atoms with Crippen molar-refractivity contribution in [2.75, 3.05) is 5.43 Å². The number of nitriles is 1. The van der Waals surface area contributed by atoms with E-state index in [-0.39, 0.29) is 5.71 Å². The Morgan fingerprint density at radius 2 is 2.21 bits per heavy atom. The van der Waals surface area contributed by atoms with E-state index < -0.39 is 17.5 Å². The summed E-state index contributed by atoms with van der Waals surface area (Å²) in [6, 6.07) is 6.87. The van der Waals surface area contributed by atoms with Crippen molar-refractivity contribution in [2.45, 2.75) is 26.4 Å². The molecular formula is C15H17N7O2. The normalized spacial score (nSPS) is 11.8. The first-order valence-corrected chi connectivity index (χ1v) is 7.01. The van der Waals surface area contributed by atoms with Gasteiger partial charge in [0.05, 0.1) is 11.9 Å². The molecule has 1 aromatic carbocycles. The lowest BCUT2D eigenvalue weighted by molar-refractivity contribution is 0.0523. The van der Waals surface area contributed by atoms with Gasteiger partial charge in [-0.15, -0.1) is 0 Å². The number of nitrogens with zero attached hydrogens (tertiary/aromatic N) is 4. The molecule has 2 aromatic rings. The summed E-state index contributed by atoms with van der Waals surface area (Å²) in [5.74, 6) is -0.460. The Labute approximate surface area is 138 Å². The zero-order valence-electron chi connectivity index (χ0n) is 13.5. The van der Waals surface area contributed by atoms with Gasteiger partial charge in [-0.3, -0.25) is 10.8 Å². The van der Waals surface area contributed by atoms with Crippen molar-refractivity contribution in [2.24, 2.45) is 10.8 Å². The molecule has 0 saturated heterocycles. The minimum absolute atomic E-state index is 0.268. The number of carbonyl (C=O) groups excluding carboxylic acids is 1. The lowest BCUT2D eigenvalue weighted by Crippen LogP contribution is -2.27. The number of carbonyl (C=O) groups is 1. The maximum Gasteiger partial charge on any atom is 0.435 e. The molecule has 0 spiro atoms. The Morgan fingerprint density at radius 3 is 2.79 bits per heavy atom. The fourth-order valence-electron chi connectivity index (χ4n) is 1.87. The number of benzene rings is 1. The molecule has 0 saturated carbocycles. The van der Waals surface area contributed by atoms with Crippen LogP contribution in [0.2, 0.25) is 0 Å². The van der Waals surface area contributed by atoms with Gasteiger partial charge in [0.25, 0.3) is 0 Å². The highest BCUT2D eigenvalue weighted by Gasteiger charge is 2.21. The largest absolute Gasteiger partial charge is 0.442 e. The monoisotopic (exact) mass is 327 g/mol. The van der Waals surface area contributed by atoms with E-state index in [9.17, 15) is 4.79 Å². The second-order valence-electron chi connectivity index (χ2n) is 5.88.